The van der Waals surface area contributed by atoms with E-state index in [-0.39, 0.29) is 23.4 Å². The Morgan fingerprint density at radius 2 is 1.47 bits per heavy atom. The second kappa shape index (κ2) is 10.3. The third-order valence-electron chi connectivity index (χ3n) is 6.12. The second-order valence-corrected chi connectivity index (χ2v) is 8.17. The van der Waals surface area contributed by atoms with Gasteiger partial charge in [0.05, 0.1) is 30.8 Å². The van der Waals surface area contributed by atoms with Crippen molar-refractivity contribution in [3.8, 4) is 11.5 Å². The van der Waals surface area contributed by atoms with E-state index in [1.807, 2.05) is 24.3 Å². The molecule has 1 heterocycles. The lowest BCUT2D eigenvalue weighted by Gasteiger charge is -2.25. The molecule has 0 bridgehead atoms. The molecule has 1 N–H and O–H groups in total. The maximum absolute atomic E-state index is 13.1. The van der Waals surface area contributed by atoms with Gasteiger partial charge in [0, 0.05) is 24.2 Å². The minimum absolute atomic E-state index is 0.0752. The molecule has 1 unspecified atom stereocenters. The van der Waals surface area contributed by atoms with Crippen LogP contribution in [-0.4, -0.2) is 47.4 Å². The number of nitro groups is 1. The number of aliphatic hydroxyl groups is 1. The molecular formula is C27H24N2O7. The van der Waals surface area contributed by atoms with E-state index in [1.165, 1.54) is 36.3 Å². The first-order valence-corrected chi connectivity index (χ1v) is 11.1. The predicted octanol–water partition coefficient (Wildman–Crippen LogP) is 4.28. The maximum atomic E-state index is 13.1. The summed E-state index contributed by atoms with van der Waals surface area (Å²) in [6, 6.07) is 18.6. The highest BCUT2D eigenvalue weighted by Crippen LogP contribution is 2.40. The van der Waals surface area contributed by atoms with E-state index in [9.17, 15) is 24.8 Å². The van der Waals surface area contributed by atoms with Crippen LogP contribution in [0.2, 0.25) is 0 Å². The number of ether oxygens (including phenoxy) is 2. The highest BCUT2D eigenvalue weighted by atomic mass is 16.6. The summed E-state index contributed by atoms with van der Waals surface area (Å²) in [5.41, 5.74) is 1.54. The van der Waals surface area contributed by atoms with Crippen LogP contribution in [0.15, 0.2) is 78.4 Å². The molecule has 0 aromatic heterocycles. The van der Waals surface area contributed by atoms with Gasteiger partial charge >= 0.3 is 0 Å². The van der Waals surface area contributed by atoms with Gasteiger partial charge in [-0.1, -0.05) is 24.3 Å². The molecule has 3 aromatic rings. The zero-order valence-electron chi connectivity index (χ0n) is 19.7. The lowest BCUT2D eigenvalue weighted by Crippen LogP contribution is -2.31. The van der Waals surface area contributed by atoms with Crippen LogP contribution in [0.4, 0.5) is 5.69 Å². The van der Waals surface area contributed by atoms with Gasteiger partial charge in [-0.3, -0.25) is 19.7 Å². The molecule has 1 aliphatic heterocycles. The Labute approximate surface area is 207 Å². The molecular weight excluding hydrogens is 464 g/mol. The van der Waals surface area contributed by atoms with Crippen LogP contribution in [0.3, 0.4) is 0 Å². The highest BCUT2D eigenvalue weighted by Gasteiger charge is 2.45. The van der Waals surface area contributed by atoms with E-state index >= 15 is 0 Å². The Hall–Kier alpha value is -4.66. The molecule has 0 aliphatic carbocycles. The molecule has 0 saturated carbocycles. The van der Waals surface area contributed by atoms with Crippen LogP contribution in [0.1, 0.15) is 22.7 Å². The number of non-ortho nitro benzene ring substituents is 1. The average molecular weight is 488 g/mol. The number of rotatable bonds is 8. The topological polar surface area (TPSA) is 119 Å². The summed E-state index contributed by atoms with van der Waals surface area (Å²) < 4.78 is 10.4. The molecule has 1 amide bonds. The lowest BCUT2D eigenvalue weighted by molar-refractivity contribution is -0.384. The van der Waals surface area contributed by atoms with Crippen molar-refractivity contribution in [2.24, 2.45) is 0 Å². The van der Waals surface area contributed by atoms with Crippen LogP contribution in [0.5, 0.6) is 11.5 Å². The van der Waals surface area contributed by atoms with Crippen molar-refractivity contribution < 1.29 is 29.1 Å². The van der Waals surface area contributed by atoms with Gasteiger partial charge < -0.3 is 19.5 Å². The largest absolute Gasteiger partial charge is 0.507 e. The third-order valence-corrected chi connectivity index (χ3v) is 6.12. The normalized spacial score (nSPS) is 16.7. The Morgan fingerprint density at radius 3 is 2.00 bits per heavy atom. The van der Waals surface area contributed by atoms with Gasteiger partial charge in [-0.2, -0.15) is 0 Å². The number of hydrogen-bond donors (Lipinski definition) is 1. The van der Waals surface area contributed by atoms with E-state index in [4.69, 9.17) is 9.47 Å². The number of carbonyl (C=O) groups is 2. The Bertz CT molecular complexity index is 1310. The zero-order valence-corrected chi connectivity index (χ0v) is 19.7. The fourth-order valence-corrected chi connectivity index (χ4v) is 4.18. The van der Waals surface area contributed by atoms with Gasteiger partial charge in [-0.15, -0.1) is 0 Å². The van der Waals surface area contributed by atoms with Crippen molar-refractivity contribution in [3.63, 3.8) is 0 Å². The van der Waals surface area contributed by atoms with E-state index in [0.29, 0.717) is 23.5 Å². The summed E-state index contributed by atoms with van der Waals surface area (Å²) in [7, 11) is 3.11. The fourth-order valence-electron chi connectivity index (χ4n) is 4.18. The number of ketones is 1. The summed E-state index contributed by atoms with van der Waals surface area (Å²) in [5, 5.41) is 22.1. The molecule has 4 rings (SSSR count). The van der Waals surface area contributed by atoms with Gasteiger partial charge in [0.2, 0.25) is 0 Å². The molecule has 184 valence electrons. The zero-order chi connectivity index (χ0) is 25.8. The molecule has 3 aromatic carbocycles. The number of amides is 1. The SMILES string of the molecule is COc1ccc(CCN2C(=O)C(=O)/C(=C(\O)c3ccc([N+](=O)[O-])cc3)C2c2ccc(OC)cc2)cc1. The Kier molecular flexibility index (Phi) is 7.00. The highest BCUT2D eigenvalue weighted by molar-refractivity contribution is 6.46. The number of carbonyl (C=O) groups excluding carboxylic acids is 2. The molecule has 0 spiro atoms. The van der Waals surface area contributed by atoms with E-state index < -0.39 is 28.4 Å². The molecule has 1 atom stereocenters. The third kappa shape index (κ3) is 4.76. The number of nitrogens with zero attached hydrogens (tertiary/aromatic N) is 2. The van der Waals surface area contributed by atoms with Gasteiger partial charge in [0.1, 0.15) is 17.3 Å². The van der Waals surface area contributed by atoms with Crippen LogP contribution >= 0.6 is 0 Å². The molecule has 9 nitrogen and oxygen atoms in total. The smallest absolute Gasteiger partial charge is 0.295 e. The molecule has 9 heteroatoms. The minimum Gasteiger partial charge on any atom is -0.507 e. The molecule has 1 fully saturated rings. The van der Waals surface area contributed by atoms with Crippen LogP contribution in [0, 0.1) is 10.1 Å². The number of aliphatic hydroxyl groups excluding tert-OH is 1. The van der Waals surface area contributed by atoms with E-state index in [1.54, 1.807) is 31.4 Å². The average Bonchev–Trinajstić information content (AvgIpc) is 3.16. The summed E-state index contributed by atoms with van der Waals surface area (Å²) in [4.78, 5) is 38.1. The first-order valence-electron chi connectivity index (χ1n) is 11.1. The molecule has 1 saturated heterocycles. The van der Waals surface area contributed by atoms with Crippen molar-refractivity contribution in [2.75, 3.05) is 20.8 Å². The summed E-state index contributed by atoms with van der Waals surface area (Å²) >= 11 is 0. The van der Waals surface area contributed by atoms with Gasteiger partial charge in [-0.25, -0.2) is 0 Å². The van der Waals surface area contributed by atoms with E-state index in [0.717, 1.165) is 5.56 Å². The van der Waals surface area contributed by atoms with Crippen molar-refractivity contribution in [2.45, 2.75) is 12.5 Å². The van der Waals surface area contributed by atoms with Gasteiger partial charge in [-0.05, 0) is 53.9 Å². The summed E-state index contributed by atoms with van der Waals surface area (Å²) in [6.07, 6.45) is 0.473. The van der Waals surface area contributed by atoms with Gasteiger partial charge in [0.25, 0.3) is 17.4 Å². The van der Waals surface area contributed by atoms with Crippen molar-refractivity contribution >= 4 is 23.1 Å². The summed E-state index contributed by atoms with van der Waals surface area (Å²) in [6.45, 7) is 0.227. The fraction of sp³-hybridized carbons (Fsp3) is 0.185. The predicted molar refractivity (Wildman–Crippen MR) is 132 cm³/mol. The van der Waals surface area contributed by atoms with Crippen molar-refractivity contribution in [3.05, 3.63) is 105 Å². The van der Waals surface area contributed by atoms with Crippen LogP contribution < -0.4 is 9.47 Å². The second-order valence-electron chi connectivity index (χ2n) is 8.17. The maximum Gasteiger partial charge on any atom is 0.295 e. The van der Waals surface area contributed by atoms with Crippen LogP contribution in [0.25, 0.3) is 5.76 Å². The summed E-state index contributed by atoms with van der Waals surface area (Å²) in [5.74, 6) is -0.630. The van der Waals surface area contributed by atoms with Crippen molar-refractivity contribution in [1.82, 2.24) is 4.90 Å². The van der Waals surface area contributed by atoms with Crippen molar-refractivity contribution in [1.29, 1.82) is 0 Å². The van der Waals surface area contributed by atoms with Gasteiger partial charge in [0.15, 0.2) is 0 Å². The first kappa shape index (κ1) is 24.5. The number of benzene rings is 3. The first-order chi connectivity index (χ1) is 17.3. The molecule has 1 aliphatic rings. The lowest BCUT2D eigenvalue weighted by atomic mass is 9.95. The quantitative estimate of drug-likeness (QED) is 0.165. The number of nitro benzene ring substituents is 1. The number of Topliss-reactive ketones (excluding diaryl/α,β-unsaturated/α-hetero) is 1. The number of likely N-dealkylation sites (tertiary alicyclic amines) is 1. The number of methoxy groups -OCH3 is 2. The molecule has 36 heavy (non-hydrogen) atoms. The standard InChI is InChI=1S/C27H24N2O7/c1-35-21-11-3-17(4-12-21)15-16-28-24(18-7-13-22(36-2)14-8-18)23(26(31)27(28)32)25(30)19-5-9-20(10-6-19)29(33)34/h3-14,24,30H,15-16H2,1-2H3/b25-23-. The van der Waals surface area contributed by atoms with E-state index in [2.05, 4.69) is 0 Å². The number of hydrogen-bond acceptors (Lipinski definition) is 7. The Morgan fingerprint density at radius 1 is 0.917 bits per heavy atom. The monoisotopic (exact) mass is 488 g/mol. The Balaban J connectivity index is 1.74. The minimum atomic E-state index is -0.843. The van der Waals surface area contributed by atoms with Crippen LogP contribution in [-0.2, 0) is 16.0 Å². The molecule has 0 radical (unpaired) electrons.